The fraction of sp³-hybridized carbons (Fsp3) is 0.222. The summed E-state index contributed by atoms with van der Waals surface area (Å²) in [5.41, 5.74) is 2.83. The van der Waals surface area contributed by atoms with Crippen molar-refractivity contribution >= 4 is 40.5 Å². The van der Waals surface area contributed by atoms with E-state index in [0.29, 0.717) is 10.8 Å². The van der Waals surface area contributed by atoms with E-state index < -0.39 is 0 Å². The van der Waals surface area contributed by atoms with Crippen LogP contribution in [0.15, 0.2) is 42.5 Å². The van der Waals surface area contributed by atoms with E-state index >= 15 is 0 Å². The standard InChI is InChI=1S/C18H19ClN2O2S/c1-3-13-7-9-14(10-8-13)23-11-17(22)21-18(24)20-16-6-4-5-15(19)12(16)2/h4-10H,3,11H2,1-2H3,(H2,20,21,22,24). The van der Waals surface area contributed by atoms with Crippen molar-refractivity contribution in [3.8, 4) is 5.75 Å². The van der Waals surface area contributed by atoms with Crippen molar-refractivity contribution in [1.29, 1.82) is 0 Å². The van der Waals surface area contributed by atoms with Crippen molar-refractivity contribution in [1.82, 2.24) is 5.32 Å². The normalized spacial score (nSPS) is 10.1. The summed E-state index contributed by atoms with van der Waals surface area (Å²) < 4.78 is 5.44. The number of halogens is 1. The average Bonchev–Trinajstić information content (AvgIpc) is 2.57. The van der Waals surface area contributed by atoms with Gasteiger partial charge < -0.3 is 10.1 Å². The average molecular weight is 363 g/mol. The van der Waals surface area contributed by atoms with Gasteiger partial charge in [0.15, 0.2) is 11.7 Å². The monoisotopic (exact) mass is 362 g/mol. The molecule has 0 fully saturated rings. The molecule has 0 radical (unpaired) electrons. The van der Waals surface area contributed by atoms with E-state index in [1.165, 1.54) is 5.56 Å². The number of benzene rings is 2. The number of hydrogen-bond acceptors (Lipinski definition) is 3. The highest BCUT2D eigenvalue weighted by Gasteiger charge is 2.08. The molecule has 0 bridgehead atoms. The third-order valence-corrected chi connectivity index (χ3v) is 4.08. The Balaban J connectivity index is 1.83. The van der Waals surface area contributed by atoms with Crippen LogP contribution < -0.4 is 15.4 Å². The second-order valence-electron chi connectivity index (χ2n) is 5.20. The fourth-order valence-electron chi connectivity index (χ4n) is 2.03. The summed E-state index contributed by atoms with van der Waals surface area (Å²) in [7, 11) is 0. The summed E-state index contributed by atoms with van der Waals surface area (Å²) in [6.07, 6.45) is 0.962. The van der Waals surface area contributed by atoms with Crippen LogP contribution in [0.4, 0.5) is 5.69 Å². The van der Waals surface area contributed by atoms with Gasteiger partial charge in [0.1, 0.15) is 5.75 Å². The molecular weight excluding hydrogens is 344 g/mol. The lowest BCUT2D eigenvalue weighted by atomic mass is 10.2. The molecule has 126 valence electrons. The number of rotatable bonds is 5. The molecule has 6 heteroatoms. The highest BCUT2D eigenvalue weighted by Crippen LogP contribution is 2.22. The lowest BCUT2D eigenvalue weighted by molar-refractivity contribution is -0.121. The Morgan fingerprint density at radius 3 is 2.58 bits per heavy atom. The predicted molar refractivity (Wildman–Crippen MR) is 102 cm³/mol. The van der Waals surface area contributed by atoms with Crippen LogP contribution in [0.2, 0.25) is 5.02 Å². The first-order valence-corrected chi connectivity index (χ1v) is 8.36. The topological polar surface area (TPSA) is 50.4 Å². The van der Waals surface area contributed by atoms with Gasteiger partial charge in [0, 0.05) is 10.7 Å². The molecule has 2 aromatic carbocycles. The zero-order valence-electron chi connectivity index (χ0n) is 13.6. The highest BCUT2D eigenvalue weighted by atomic mass is 35.5. The molecule has 0 unspecified atom stereocenters. The second-order valence-corrected chi connectivity index (χ2v) is 6.02. The molecule has 2 rings (SSSR count). The Kier molecular flexibility index (Phi) is 6.58. The minimum atomic E-state index is -0.327. The maximum atomic E-state index is 11.9. The molecule has 0 aliphatic rings. The molecule has 0 saturated carbocycles. The van der Waals surface area contributed by atoms with Crippen molar-refractivity contribution in [2.24, 2.45) is 0 Å². The van der Waals surface area contributed by atoms with E-state index in [-0.39, 0.29) is 17.6 Å². The molecule has 0 aromatic heterocycles. The number of carbonyl (C=O) groups is 1. The van der Waals surface area contributed by atoms with Gasteiger partial charge in [-0.05, 0) is 61.0 Å². The van der Waals surface area contributed by atoms with Gasteiger partial charge in [-0.3, -0.25) is 10.1 Å². The van der Waals surface area contributed by atoms with E-state index in [1.807, 2.05) is 43.3 Å². The molecular formula is C18H19ClN2O2S. The molecule has 0 heterocycles. The van der Waals surface area contributed by atoms with Crippen LogP contribution in [0.3, 0.4) is 0 Å². The van der Waals surface area contributed by atoms with Crippen LogP contribution in [-0.2, 0) is 11.2 Å². The number of thiocarbonyl (C=S) groups is 1. The number of ether oxygens (including phenoxy) is 1. The van der Waals surface area contributed by atoms with Crippen LogP contribution in [0.5, 0.6) is 5.75 Å². The van der Waals surface area contributed by atoms with Gasteiger partial charge in [-0.2, -0.15) is 0 Å². The maximum Gasteiger partial charge on any atom is 0.264 e. The Labute approximate surface area is 152 Å². The van der Waals surface area contributed by atoms with Crippen LogP contribution in [0.25, 0.3) is 0 Å². The van der Waals surface area contributed by atoms with Crippen LogP contribution >= 0.6 is 23.8 Å². The zero-order valence-corrected chi connectivity index (χ0v) is 15.1. The summed E-state index contributed by atoms with van der Waals surface area (Å²) in [4.78, 5) is 11.9. The number of amides is 1. The number of carbonyl (C=O) groups excluding carboxylic acids is 1. The smallest absolute Gasteiger partial charge is 0.264 e. The Hall–Kier alpha value is -2.11. The largest absolute Gasteiger partial charge is 0.484 e. The quantitative estimate of drug-likeness (QED) is 0.786. The highest BCUT2D eigenvalue weighted by molar-refractivity contribution is 7.80. The summed E-state index contributed by atoms with van der Waals surface area (Å²) in [6, 6.07) is 13.1. The summed E-state index contributed by atoms with van der Waals surface area (Å²) in [5.74, 6) is 0.318. The van der Waals surface area contributed by atoms with E-state index in [1.54, 1.807) is 6.07 Å². The Morgan fingerprint density at radius 1 is 1.21 bits per heavy atom. The molecule has 4 nitrogen and oxygen atoms in total. The molecule has 1 amide bonds. The van der Waals surface area contributed by atoms with Crippen molar-refractivity contribution in [3.63, 3.8) is 0 Å². The Morgan fingerprint density at radius 2 is 1.92 bits per heavy atom. The van der Waals surface area contributed by atoms with Crippen molar-refractivity contribution in [3.05, 3.63) is 58.6 Å². The summed E-state index contributed by atoms with van der Waals surface area (Å²) >= 11 is 11.2. The predicted octanol–water partition coefficient (Wildman–Crippen LogP) is 4.10. The first kappa shape index (κ1) is 18.2. The van der Waals surface area contributed by atoms with Gasteiger partial charge in [0.05, 0.1) is 0 Å². The number of nitrogens with one attached hydrogen (secondary N) is 2. The minimum absolute atomic E-state index is 0.109. The third kappa shape index (κ3) is 5.22. The molecule has 0 atom stereocenters. The lowest BCUT2D eigenvalue weighted by Gasteiger charge is -2.13. The van der Waals surface area contributed by atoms with Crippen molar-refractivity contribution < 1.29 is 9.53 Å². The number of anilines is 1. The van der Waals surface area contributed by atoms with Gasteiger partial charge in [-0.1, -0.05) is 36.7 Å². The van der Waals surface area contributed by atoms with Crippen molar-refractivity contribution in [2.75, 3.05) is 11.9 Å². The molecule has 0 aliphatic carbocycles. The van der Waals surface area contributed by atoms with Crippen LogP contribution in [0.1, 0.15) is 18.1 Å². The van der Waals surface area contributed by atoms with Crippen molar-refractivity contribution in [2.45, 2.75) is 20.3 Å². The van der Waals surface area contributed by atoms with Gasteiger partial charge in [0.2, 0.25) is 0 Å². The van der Waals surface area contributed by atoms with Crippen LogP contribution in [-0.4, -0.2) is 17.6 Å². The molecule has 2 N–H and O–H groups in total. The third-order valence-electron chi connectivity index (χ3n) is 3.47. The number of hydrogen-bond donors (Lipinski definition) is 2. The molecule has 0 saturated heterocycles. The molecule has 24 heavy (non-hydrogen) atoms. The fourth-order valence-corrected chi connectivity index (χ4v) is 2.43. The zero-order chi connectivity index (χ0) is 17.5. The van der Waals surface area contributed by atoms with Gasteiger partial charge in [-0.25, -0.2) is 0 Å². The number of aryl methyl sites for hydroxylation is 1. The van der Waals surface area contributed by atoms with Gasteiger partial charge in [0.25, 0.3) is 5.91 Å². The lowest BCUT2D eigenvalue weighted by Crippen LogP contribution is -2.37. The Bertz CT molecular complexity index is 732. The van der Waals surface area contributed by atoms with Gasteiger partial charge in [-0.15, -0.1) is 0 Å². The summed E-state index contributed by atoms with van der Waals surface area (Å²) in [6.45, 7) is 3.85. The van der Waals surface area contributed by atoms with Gasteiger partial charge >= 0.3 is 0 Å². The first-order valence-electron chi connectivity index (χ1n) is 7.57. The van der Waals surface area contributed by atoms with Crippen LogP contribution in [0, 0.1) is 6.92 Å². The molecule has 2 aromatic rings. The second kappa shape index (κ2) is 8.66. The van der Waals surface area contributed by atoms with E-state index in [2.05, 4.69) is 17.6 Å². The minimum Gasteiger partial charge on any atom is -0.484 e. The van der Waals surface area contributed by atoms with E-state index in [4.69, 9.17) is 28.6 Å². The van der Waals surface area contributed by atoms with E-state index in [0.717, 1.165) is 17.7 Å². The first-order chi connectivity index (χ1) is 11.5. The molecule has 0 aliphatic heterocycles. The summed E-state index contributed by atoms with van der Waals surface area (Å²) in [5, 5.41) is 6.37. The molecule has 0 spiro atoms. The maximum absolute atomic E-state index is 11.9. The SMILES string of the molecule is CCc1ccc(OCC(=O)NC(=S)Nc2cccc(Cl)c2C)cc1. The van der Waals surface area contributed by atoms with E-state index in [9.17, 15) is 4.79 Å².